The third-order valence-corrected chi connectivity index (χ3v) is 2.01. The van der Waals surface area contributed by atoms with Gasteiger partial charge in [0.25, 0.3) is 0 Å². The van der Waals surface area contributed by atoms with Crippen molar-refractivity contribution in [1.82, 2.24) is 0 Å². The zero-order valence-electron chi connectivity index (χ0n) is 5.73. The molecule has 3 nitrogen and oxygen atoms in total. The van der Waals surface area contributed by atoms with Gasteiger partial charge in [-0.05, 0) is 11.4 Å². The van der Waals surface area contributed by atoms with Crippen LogP contribution in [0.4, 0.5) is 0 Å². The van der Waals surface area contributed by atoms with E-state index in [4.69, 9.17) is 5.53 Å². The van der Waals surface area contributed by atoms with Crippen molar-refractivity contribution in [2.75, 3.05) is 0 Å². The molecule has 4 heteroatoms. The number of thiophene rings is 1. The van der Waals surface area contributed by atoms with E-state index in [-0.39, 0.29) is 5.78 Å². The van der Waals surface area contributed by atoms with E-state index in [0.29, 0.717) is 6.42 Å². The summed E-state index contributed by atoms with van der Waals surface area (Å²) in [5.41, 5.74) is 8.02. The van der Waals surface area contributed by atoms with Gasteiger partial charge in [0, 0.05) is 4.88 Å². The molecule has 0 amide bonds. The Morgan fingerprint density at radius 3 is 3.18 bits per heavy atom. The van der Waals surface area contributed by atoms with Gasteiger partial charge in [-0.25, -0.2) is 0 Å². The second-order valence-corrected chi connectivity index (χ2v) is 3.00. The molecule has 0 saturated carbocycles. The van der Waals surface area contributed by atoms with Gasteiger partial charge in [0.05, 0.1) is 6.42 Å². The van der Waals surface area contributed by atoms with Gasteiger partial charge >= 0.3 is 6.21 Å². The van der Waals surface area contributed by atoms with Gasteiger partial charge in [0.15, 0.2) is 0 Å². The Bertz CT molecular complexity index is 285. The van der Waals surface area contributed by atoms with Crippen molar-refractivity contribution < 1.29 is 9.58 Å². The van der Waals surface area contributed by atoms with Crippen molar-refractivity contribution in [3.05, 3.63) is 27.9 Å². The second-order valence-electron chi connectivity index (χ2n) is 1.97. The van der Waals surface area contributed by atoms with Gasteiger partial charge in [-0.3, -0.25) is 4.79 Å². The van der Waals surface area contributed by atoms with Crippen LogP contribution in [-0.2, 0) is 11.2 Å². The van der Waals surface area contributed by atoms with E-state index in [9.17, 15) is 4.79 Å². The molecule has 0 N–H and O–H groups in total. The Morgan fingerprint density at radius 1 is 1.82 bits per heavy atom. The summed E-state index contributed by atoms with van der Waals surface area (Å²) in [6.45, 7) is 0. The molecule has 0 atom stereocenters. The smallest absolute Gasteiger partial charge is 0.323 e. The van der Waals surface area contributed by atoms with Crippen LogP contribution in [0.25, 0.3) is 5.53 Å². The number of rotatable bonds is 3. The van der Waals surface area contributed by atoms with Crippen molar-refractivity contribution in [2.24, 2.45) is 0 Å². The summed E-state index contributed by atoms with van der Waals surface area (Å²) < 4.78 is 0. The number of carbonyl (C=O) groups is 1. The average molecular weight is 166 g/mol. The third-order valence-electron chi connectivity index (χ3n) is 1.13. The Morgan fingerprint density at radius 2 is 2.64 bits per heavy atom. The van der Waals surface area contributed by atoms with Crippen molar-refractivity contribution in [1.29, 1.82) is 0 Å². The molecule has 11 heavy (non-hydrogen) atoms. The number of hydrogen-bond donors (Lipinski definition) is 0. The van der Waals surface area contributed by atoms with Crippen LogP contribution in [-0.4, -0.2) is 16.8 Å². The van der Waals surface area contributed by atoms with E-state index >= 15 is 0 Å². The maximum absolute atomic E-state index is 10.8. The molecule has 1 aromatic rings. The first-order chi connectivity index (χ1) is 5.33. The van der Waals surface area contributed by atoms with E-state index in [1.165, 1.54) is 11.3 Å². The van der Waals surface area contributed by atoms with E-state index in [0.717, 1.165) is 11.1 Å². The zero-order valence-corrected chi connectivity index (χ0v) is 6.54. The van der Waals surface area contributed by atoms with E-state index in [1.807, 2.05) is 17.5 Å². The highest BCUT2D eigenvalue weighted by Crippen LogP contribution is 2.08. The Balaban J connectivity index is 2.57. The summed E-state index contributed by atoms with van der Waals surface area (Å²) >= 11 is 1.51. The van der Waals surface area contributed by atoms with Crippen LogP contribution in [0.2, 0.25) is 0 Å². The van der Waals surface area contributed by atoms with Crippen molar-refractivity contribution >= 4 is 23.3 Å². The molecule has 1 aromatic heterocycles. The first-order valence-corrected chi connectivity index (χ1v) is 3.93. The van der Waals surface area contributed by atoms with Gasteiger partial charge in [-0.15, -0.1) is 11.3 Å². The molecule has 0 saturated heterocycles. The molecule has 56 valence electrons. The lowest BCUT2D eigenvalue weighted by molar-refractivity contribution is -0.115. The van der Waals surface area contributed by atoms with Gasteiger partial charge < -0.3 is 5.53 Å². The quantitative estimate of drug-likeness (QED) is 0.377. The van der Waals surface area contributed by atoms with Gasteiger partial charge in [0.1, 0.15) is 0 Å². The Kier molecular flexibility index (Phi) is 2.72. The molecular formula is C7H6N2OS. The van der Waals surface area contributed by atoms with Crippen LogP contribution in [0, 0.1) is 0 Å². The zero-order chi connectivity index (χ0) is 8.10. The number of carbonyl (C=O) groups excluding carboxylic acids is 1. The molecule has 1 rings (SSSR count). The minimum atomic E-state index is -0.185. The molecule has 0 aliphatic heterocycles. The molecule has 0 aliphatic carbocycles. The molecule has 0 spiro atoms. The highest BCUT2D eigenvalue weighted by atomic mass is 32.1. The Labute approximate surface area is 67.9 Å². The molecule has 0 aliphatic rings. The minimum absolute atomic E-state index is 0.185. The van der Waals surface area contributed by atoms with E-state index in [1.54, 1.807) is 0 Å². The highest BCUT2D eigenvalue weighted by molar-refractivity contribution is 7.10. The standard InChI is InChI=1S/C7H6N2OS/c8-9-5-6(10)4-7-2-1-3-11-7/h1-3,5H,4H2. The number of ketones is 1. The van der Waals surface area contributed by atoms with Crippen molar-refractivity contribution in [3.8, 4) is 0 Å². The monoisotopic (exact) mass is 166 g/mol. The normalized spacial score (nSPS) is 8.73. The van der Waals surface area contributed by atoms with Crippen LogP contribution in [0.15, 0.2) is 17.5 Å². The maximum atomic E-state index is 10.8. The van der Waals surface area contributed by atoms with E-state index < -0.39 is 0 Å². The van der Waals surface area contributed by atoms with Crippen molar-refractivity contribution in [2.45, 2.75) is 6.42 Å². The fraction of sp³-hybridized carbons (Fsp3) is 0.143. The summed E-state index contributed by atoms with van der Waals surface area (Å²) in [5.74, 6) is -0.185. The SMILES string of the molecule is [N-]=[N+]=CC(=O)Cc1cccs1. The highest BCUT2D eigenvalue weighted by Gasteiger charge is 2.03. The molecule has 0 unspecified atom stereocenters. The molecule has 0 radical (unpaired) electrons. The fourth-order valence-electron chi connectivity index (χ4n) is 0.695. The summed E-state index contributed by atoms with van der Waals surface area (Å²) in [6.07, 6.45) is 1.24. The average Bonchev–Trinajstić information content (AvgIpc) is 2.40. The lowest BCUT2D eigenvalue weighted by Gasteiger charge is -1.84. The second kappa shape index (κ2) is 3.81. The predicted molar refractivity (Wildman–Crippen MR) is 42.7 cm³/mol. The minimum Gasteiger partial charge on any atom is -0.361 e. The largest absolute Gasteiger partial charge is 0.361 e. The lowest BCUT2D eigenvalue weighted by Crippen LogP contribution is -2.02. The first kappa shape index (κ1) is 7.85. The molecule has 0 aromatic carbocycles. The predicted octanol–water partition coefficient (Wildman–Crippen LogP) is 1.16. The summed E-state index contributed by atoms with van der Waals surface area (Å²) in [7, 11) is 0. The third kappa shape index (κ3) is 2.45. The van der Waals surface area contributed by atoms with Crippen LogP contribution >= 0.6 is 11.3 Å². The van der Waals surface area contributed by atoms with Gasteiger partial charge in [0.2, 0.25) is 5.78 Å². The topological polar surface area (TPSA) is 53.5 Å². The number of nitrogens with zero attached hydrogens (tertiary/aromatic N) is 2. The van der Waals surface area contributed by atoms with Crippen LogP contribution in [0.1, 0.15) is 4.88 Å². The number of hydrogen-bond acceptors (Lipinski definition) is 2. The maximum Gasteiger partial charge on any atom is 0.323 e. The van der Waals surface area contributed by atoms with Crippen LogP contribution in [0.5, 0.6) is 0 Å². The van der Waals surface area contributed by atoms with Crippen molar-refractivity contribution in [3.63, 3.8) is 0 Å². The van der Waals surface area contributed by atoms with Crippen LogP contribution in [0.3, 0.4) is 0 Å². The van der Waals surface area contributed by atoms with E-state index in [2.05, 4.69) is 4.79 Å². The summed E-state index contributed by atoms with van der Waals surface area (Å²) in [4.78, 5) is 14.4. The van der Waals surface area contributed by atoms with Crippen LogP contribution < -0.4 is 0 Å². The molecule has 0 fully saturated rings. The fourth-order valence-corrected chi connectivity index (χ4v) is 1.41. The summed E-state index contributed by atoms with van der Waals surface area (Å²) in [5, 5.41) is 1.90. The first-order valence-electron chi connectivity index (χ1n) is 3.05. The Hall–Kier alpha value is -1.25. The lowest BCUT2D eigenvalue weighted by atomic mass is 10.2. The van der Waals surface area contributed by atoms with Gasteiger partial charge in [-0.2, -0.15) is 4.79 Å². The summed E-state index contributed by atoms with van der Waals surface area (Å²) in [6, 6.07) is 3.75. The number of Topliss-reactive ketones (excluding diaryl/α,β-unsaturated/α-hetero) is 1. The molecular weight excluding hydrogens is 160 g/mol. The molecule has 1 heterocycles. The molecule has 0 bridgehead atoms. The van der Waals surface area contributed by atoms with Gasteiger partial charge in [-0.1, -0.05) is 6.07 Å².